The van der Waals surface area contributed by atoms with Crippen LogP contribution >= 0.6 is 15.8 Å². The SMILES string of the molecule is Cc1cc(C)cc(P(c2cc(C)cc(C)c2)C(C)C2CCCC2P(c2cc(C(F)(F)F)cc(C(F)(F)F)c2)c2cc(C(F)(F)F)cc(C(F)(F)F)c2)c1. The number of hydrogen-bond donors (Lipinski definition) is 0. The van der Waals surface area contributed by atoms with Gasteiger partial charge in [0, 0.05) is 0 Å². The fourth-order valence-electron chi connectivity index (χ4n) is 7.53. The molecular weight excluding hydrogens is 758 g/mol. The molecule has 3 atom stereocenters. The first-order valence-corrected chi connectivity index (χ1v) is 19.5. The number of benzene rings is 4. The van der Waals surface area contributed by atoms with Crippen LogP contribution in [-0.2, 0) is 24.7 Å². The Morgan fingerprint density at radius 1 is 0.453 bits per heavy atom. The predicted molar refractivity (Wildman–Crippen MR) is 188 cm³/mol. The molecule has 1 saturated carbocycles. The van der Waals surface area contributed by atoms with E-state index in [1.54, 1.807) is 0 Å². The van der Waals surface area contributed by atoms with Crippen LogP contribution in [0.15, 0.2) is 72.8 Å². The fraction of sp³-hybridized carbons (Fsp3) is 0.385. The molecule has 0 saturated heterocycles. The summed E-state index contributed by atoms with van der Waals surface area (Å²) < 4.78 is 170. The van der Waals surface area contributed by atoms with Gasteiger partial charge in [-0.2, -0.15) is 52.7 Å². The Hall–Kier alpha value is -3.10. The lowest BCUT2D eigenvalue weighted by molar-refractivity contribution is -0.144. The third-order valence-electron chi connectivity index (χ3n) is 9.56. The monoisotopic (exact) mass is 794 g/mol. The molecule has 0 N–H and O–H groups in total. The number of aryl methyl sites for hydroxylation is 4. The van der Waals surface area contributed by atoms with Crippen molar-refractivity contribution < 1.29 is 52.7 Å². The zero-order chi connectivity index (χ0) is 39.4. The highest BCUT2D eigenvalue weighted by Gasteiger charge is 2.45. The quantitative estimate of drug-likeness (QED) is 0.129. The molecule has 53 heavy (non-hydrogen) atoms. The molecule has 1 aliphatic rings. The van der Waals surface area contributed by atoms with Crippen LogP contribution < -0.4 is 21.2 Å². The first-order valence-electron chi connectivity index (χ1n) is 16.7. The largest absolute Gasteiger partial charge is 0.416 e. The maximum absolute atomic E-state index is 14.2. The summed E-state index contributed by atoms with van der Waals surface area (Å²) in [6.45, 7) is 9.62. The van der Waals surface area contributed by atoms with Crippen LogP contribution in [0.4, 0.5) is 52.7 Å². The molecule has 0 heterocycles. The van der Waals surface area contributed by atoms with E-state index < -0.39 is 85.0 Å². The zero-order valence-electron chi connectivity index (χ0n) is 29.2. The van der Waals surface area contributed by atoms with Crippen molar-refractivity contribution >= 4 is 37.1 Å². The summed E-state index contributed by atoms with van der Waals surface area (Å²) in [4.78, 5) is 0. The molecule has 5 rings (SSSR count). The van der Waals surface area contributed by atoms with Gasteiger partial charge in [-0.1, -0.05) is 72.0 Å². The third kappa shape index (κ3) is 9.41. The number of halogens is 12. The second-order valence-corrected chi connectivity index (χ2v) is 18.9. The summed E-state index contributed by atoms with van der Waals surface area (Å²) in [5, 5.41) is 0.755. The molecule has 4 aromatic carbocycles. The molecule has 0 aromatic heterocycles. The van der Waals surface area contributed by atoms with E-state index in [9.17, 15) is 52.7 Å². The van der Waals surface area contributed by atoms with Crippen LogP contribution in [0.5, 0.6) is 0 Å². The van der Waals surface area contributed by atoms with E-state index in [0.29, 0.717) is 37.1 Å². The molecular formula is C39H36F12P2. The molecule has 1 fully saturated rings. The molecule has 0 nitrogen and oxygen atoms in total. The van der Waals surface area contributed by atoms with E-state index in [-0.39, 0.29) is 24.2 Å². The second kappa shape index (κ2) is 14.9. The maximum atomic E-state index is 14.2. The second-order valence-electron chi connectivity index (χ2n) is 13.9. The van der Waals surface area contributed by atoms with Gasteiger partial charge in [0.15, 0.2) is 0 Å². The molecule has 1 aliphatic carbocycles. The maximum Gasteiger partial charge on any atom is 0.416 e. The van der Waals surface area contributed by atoms with Crippen molar-refractivity contribution in [3.8, 4) is 0 Å². The van der Waals surface area contributed by atoms with Crippen molar-refractivity contribution in [2.45, 2.75) is 89.9 Å². The van der Waals surface area contributed by atoms with Crippen LogP contribution in [-0.4, -0.2) is 11.3 Å². The molecule has 3 unspecified atom stereocenters. The average Bonchev–Trinajstić information content (AvgIpc) is 3.48. The standard InChI is InChI=1S/C39H36F12P2/c1-21-9-22(2)12-30(11-21)52(31-13-23(3)10-24(4)14-31)25(5)34-7-6-8-35(34)53(32-17-26(36(40,41)42)15-27(18-32)37(43,44)45)33-19-28(38(46,47)48)16-29(20-33)39(49,50)51/h9-20,25,34-35H,6-8H2,1-5H3. The van der Waals surface area contributed by atoms with Gasteiger partial charge in [-0.3, -0.25) is 0 Å². The fourth-order valence-corrected chi connectivity index (χ4v) is 14.4. The summed E-state index contributed by atoms with van der Waals surface area (Å²) in [5.41, 5.74) is -4.09. The molecule has 0 spiro atoms. The highest BCUT2D eigenvalue weighted by atomic mass is 31.1. The molecule has 0 radical (unpaired) electrons. The van der Waals surface area contributed by atoms with Crippen molar-refractivity contribution in [1.82, 2.24) is 0 Å². The van der Waals surface area contributed by atoms with Crippen LogP contribution in [0, 0.1) is 33.6 Å². The Morgan fingerprint density at radius 2 is 0.774 bits per heavy atom. The van der Waals surface area contributed by atoms with E-state index in [1.807, 2.05) is 71.0 Å². The Balaban J connectivity index is 1.80. The smallest absolute Gasteiger partial charge is 0.166 e. The van der Waals surface area contributed by atoms with Crippen molar-refractivity contribution in [2.24, 2.45) is 5.92 Å². The van der Waals surface area contributed by atoms with E-state index in [0.717, 1.165) is 32.9 Å². The number of rotatable bonds is 7. The Bertz CT molecular complexity index is 1720. The Labute approximate surface area is 302 Å². The summed E-state index contributed by atoms with van der Waals surface area (Å²) in [5.74, 6) is -0.485. The lowest BCUT2D eigenvalue weighted by Crippen LogP contribution is -2.34. The van der Waals surface area contributed by atoms with Gasteiger partial charge in [-0.05, 0) is 131 Å². The highest BCUT2D eigenvalue weighted by molar-refractivity contribution is 7.74. The lowest BCUT2D eigenvalue weighted by atomic mass is 10.0. The summed E-state index contributed by atoms with van der Waals surface area (Å²) >= 11 is 0. The molecule has 0 amide bonds. The molecule has 286 valence electrons. The topological polar surface area (TPSA) is 0 Å². The third-order valence-corrected chi connectivity index (χ3v) is 15.3. The zero-order valence-corrected chi connectivity index (χ0v) is 31.0. The van der Waals surface area contributed by atoms with Crippen LogP contribution in [0.3, 0.4) is 0 Å². The first-order chi connectivity index (χ1) is 24.3. The summed E-state index contributed by atoms with van der Waals surface area (Å²) in [6.07, 6.45) is -20.1. The first kappa shape index (κ1) is 41.1. The van der Waals surface area contributed by atoms with E-state index in [2.05, 4.69) is 0 Å². The summed E-state index contributed by atoms with van der Waals surface area (Å²) in [7, 11) is -3.94. The van der Waals surface area contributed by atoms with E-state index in [4.69, 9.17) is 0 Å². The predicted octanol–water partition coefficient (Wildman–Crippen LogP) is 12.1. The minimum atomic E-state index is -5.29. The minimum Gasteiger partial charge on any atom is -0.166 e. The normalized spacial score (nSPS) is 17.9. The Kier molecular flexibility index (Phi) is 11.5. The van der Waals surface area contributed by atoms with Gasteiger partial charge < -0.3 is 0 Å². The van der Waals surface area contributed by atoms with Crippen LogP contribution in [0.2, 0.25) is 0 Å². The minimum absolute atomic E-state index is 0.0849. The number of alkyl halides is 12. The average molecular weight is 795 g/mol. The van der Waals surface area contributed by atoms with Gasteiger partial charge in [-0.25, -0.2) is 0 Å². The summed E-state index contributed by atoms with van der Waals surface area (Å²) in [6, 6.07) is 13.7. The number of hydrogen-bond acceptors (Lipinski definition) is 0. The van der Waals surface area contributed by atoms with E-state index in [1.165, 1.54) is 0 Å². The molecule has 4 aromatic rings. The van der Waals surface area contributed by atoms with Gasteiger partial charge in [-0.15, -0.1) is 0 Å². The van der Waals surface area contributed by atoms with Crippen molar-refractivity contribution in [1.29, 1.82) is 0 Å². The van der Waals surface area contributed by atoms with Gasteiger partial charge in [0.05, 0.1) is 22.3 Å². The molecule has 0 aliphatic heterocycles. The highest BCUT2D eigenvalue weighted by Crippen LogP contribution is 2.58. The van der Waals surface area contributed by atoms with Gasteiger partial charge >= 0.3 is 24.7 Å². The molecule has 14 heteroatoms. The lowest BCUT2D eigenvalue weighted by Gasteiger charge is -2.38. The van der Waals surface area contributed by atoms with Crippen molar-refractivity contribution in [3.63, 3.8) is 0 Å². The van der Waals surface area contributed by atoms with Crippen molar-refractivity contribution in [2.75, 3.05) is 0 Å². The Morgan fingerprint density at radius 3 is 1.08 bits per heavy atom. The van der Waals surface area contributed by atoms with Gasteiger partial charge in [0.25, 0.3) is 0 Å². The molecule has 0 bridgehead atoms. The van der Waals surface area contributed by atoms with Crippen molar-refractivity contribution in [3.05, 3.63) is 117 Å². The van der Waals surface area contributed by atoms with Crippen LogP contribution in [0.25, 0.3) is 0 Å². The van der Waals surface area contributed by atoms with Gasteiger partial charge in [0.1, 0.15) is 0 Å². The van der Waals surface area contributed by atoms with Crippen LogP contribution in [0.1, 0.15) is 70.7 Å². The van der Waals surface area contributed by atoms with E-state index >= 15 is 0 Å². The van der Waals surface area contributed by atoms with Gasteiger partial charge in [0.2, 0.25) is 0 Å².